The number of benzene rings is 2. The average Bonchev–Trinajstić information content (AvgIpc) is 3.20. The third-order valence-electron chi connectivity index (χ3n) is 6.84. The highest BCUT2D eigenvalue weighted by atomic mass is 19.3. The van der Waals surface area contributed by atoms with Crippen molar-refractivity contribution in [3.63, 3.8) is 0 Å². The normalized spacial score (nSPS) is 18.4. The zero-order chi connectivity index (χ0) is 23.2. The van der Waals surface area contributed by atoms with E-state index in [9.17, 15) is 13.6 Å². The van der Waals surface area contributed by atoms with Gasteiger partial charge in [-0.3, -0.25) is 4.79 Å². The lowest BCUT2D eigenvalue weighted by Crippen LogP contribution is -2.26. The third kappa shape index (κ3) is 3.88. The Morgan fingerprint density at radius 3 is 2.30 bits per heavy atom. The molecule has 2 heterocycles. The molecular weight excluding hydrogens is 422 g/mol. The number of aromatic nitrogens is 2. The first-order chi connectivity index (χ1) is 15.9. The van der Waals surface area contributed by atoms with Crippen LogP contribution >= 0.6 is 0 Å². The topological polar surface area (TPSA) is 44.1 Å². The Kier molecular flexibility index (Phi) is 5.39. The van der Waals surface area contributed by atoms with Gasteiger partial charge in [-0.15, -0.1) is 0 Å². The van der Waals surface area contributed by atoms with Crippen LogP contribution in [0, 0.1) is 0 Å². The monoisotopic (exact) mass is 448 g/mol. The summed E-state index contributed by atoms with van der Waals surface area (Å²) in [7, 11) is 1.61. The van der Waals surface area contributed by atoms with E-state index < -0.39 is 5.92 Å². The second kappa shape index (κ2) is 8.25. The minimum Gasteiger partial charge on any atom is -0.497 e. The summed E-state index contributed by atoms with van der Waals surface area (Å²) in [5, 5.41) is 4.78. The zero-order valence-electron chi connectivity index (χ0n) is 18.8. The van der Waals surface area contributed by atoms with Crippen LogP contribution in [0.4, 0.5) is 8.78 Å². The van der Waals surface area contributed by atoms with Crippen molar-refractivity contribution < 1.29 is 18.3 Å². The van der Waals surface area contributed by atoms with Crippen molar-refractivity contribution in [3.8, 4) is 17.0 Å². The molecule has 1 fully saturated rings. The molecule has 0 saturated heterocycles. The van der Waals surface area contributed by atoms with Gasteiger partial charge in [0, 0.05) is 36.0 Å². The number of carbonyl (C=O) groups is 1. The molecule has 1 aromatic heterocycles. The van der Waals surface area contributed by atoms with E-state index in [-0.39, 0.29) is 24.7 Å². The number of alkyl halides is 2. The molecule has 170 valence electrons. The number of fused-ring (bicyclic) bond motifs is 1. The molecule has 0 spiro atoms. The van der Waals surface area contributed by atoms with Crippen molar-refractivity contribution in [1.29, 1.82) is 0 Å². The van der Waals surface area contributed by atoms with Gasteiger partial charge >= 0.3 is 0 Å². The summed E-state index contributed by atoms with van der Waals surface area (Å²) in [5.74, 6) is -2.10. The van der Waals surface area contributed by atoms with Crippen LogP contribution in [0.5, 0.6) is 5.75 Å². The van der Waals surface area contributed by atoms with Gasteiger partial charge < -0.3 is 4.74 Å². The summed E-state index contributed by atoms with van der Waals surface area (Å²) in [4.78, 5) is 13.7. The molecule has 5 rings (SSSR count). The Labute approximate surface area is 191 Å². The molecule has 2 aromatic carbocycles. The fourth-order valence-corrected chi connectivity index (χ4v) is 5.13. The van der Waals surface area contributed by atoms with E-state index in [0.29, 0.717) is 24.8 Å². The Morgan fingerprint density at radius 1 is 1.00 bits per heavy atom. The first-order valence-corrected chi connectivity index (χ1v) is 11.3. The molecule has 0 N–H and O–H groups in total. The Balaban J connectivity index is 1.60. The minimum atomic E-state index is -2.61. The number of ether oxygens (including phenoxy) is 1. The number of nitrogens with zero attached hydrogens (tertiary/aromatic N) is 2. The van der Waals surface area contributed by atoms with Crippen molar-refractivity contribution in [2.75, 3.05) is 7.11 Å². The first-order valence-electron chi connectivity index (χ1n) is 11.3. The van der Waals surface area contributed by atoms with Gasteiger partial charge in [0.05, 0.1) is 18.5 Å². The van der Waals surface area contributed by atoms with Crippen molar-refractivity contribution in [2.24, 2.45) is 0 Å². The van der Waals surface area contributed by atoms with E-state index in [2.05, 4.69) is 0 Å². The van der Waals surface area contributed by atoms with Crippen LogP contribution in [0.2, 0.25) is 0 Å². The molecule has 3 aromatic rings. The Morgan fingerprint density at radius 2 is 1.67 bits per heavy atom. The minimum absolute atomic E-state index is 0.0354. The van der Waals surface area contributed by atoms with E-state index in [4.69, 9.17) is 9.84 Å². The second-order valence-corrected chi connectivity index (χ2v) is 8.98. The zero-order valence-corrected chi connectivity index (χ0v) is 18.8. The summed E-state index contributed by atoms with van der Waals surface area (Å²) in [6, 6.07) is 17.2. The summed E-state index contributed by atoms with van der Waals surface area (Å²) in [6.45, 7) is 1.97. The second-order valence-electron chi connectivity index (χ2n) is 8.98. The van der Waals surface area contributed by atoms with Crippen molar-refractivity contribution in [3.05, 3.63) is 77.0 Å². The van der Waals surface area contributed by atoms with E-state index in [1.165, 1.54) is 4.68 Å². The number of allylic oxidation sites excluding steroid dienone is 2. The van der Waals surface area contributed by atoms with Gasteiger partial charge in [-0.1, -0.05) is 48.0 Å². The first kappa shape index (κ1) is 21.6. The van der Waals surface area contributed by atoms with Gasteiger partial charge in [0.2, 0.25) is 5.92 Å². The van der Waals surface area contributed by atoms with Gasteiger partial charge in [-0.25, -0.2) is 8.78 Å². The van der Waals surface area contributed by atoms with E-state index in [1.54, 1.807) is 7.11 Å². The molecule has 1 saturated carbocycles. The highest BCUT2D eigenvalue weighted by molar-refractivity contribution is 6.22. The van der Waals surface area contributed by atoms with Crippen LogP contribution in [0.1, 0.15) is 60.1 Å². The number of hydrogen-bond donors (Lipinski definition) is 0. The highest BCUT2D eigenvalue weighted by Gasteiger charge is 2.39. The average molecular weight is 449 g/mol. The molecule has 1 aliphatic heterocycles. The van der Waals surface area contributed by atoms with Crippen LogP contribution in [0.3, 0.4) is 0 Å². The maximum atomic E-state index is 13.9. The van der Waals surface area contributed by atoms with Gasteiger partial charge in [-0.05, 0) is 43.4 Å². The van der Waals surface area contributed by atoms with Crippen molar-refractivity contribution >= 4 is 11.5 Å². The molecule has 1 aliphatic carbocycles. The highest BCUT2D eigenvalue weighted by Crippen LogP contribution is 2.46. The Bertz CT molecular complexity index is 1220. The largest absolute Gasteiger partial charge is 0.497 e. The summed E-state index contributed by atoms with van der Waals surface area (Å²) < 4.78 is 34.6. The molecule has 0 unspecified atom stereocenters. The molecule has 33 heavy (non-hydrogen) atoms. The lowest BCUT2D eigenvalue weighted by atomic mass is 9.79. The molecule has 0 atom stereocenters. The van der Waals surface area contributed by atoms with Gasteiger partial charge in [0.25, 0.3) is 5.91 Å². The quantitative estimate of drug-likeness (QED) is 0.456. The SMILES string of the molecule is COc1ccc(C2=C(C)Cc3c(C4CCC(F)(F)CC4)c(-c4ccccc4)nn3C2=O)cc1. The fourth-order valence-electron chi connectivity index (χ4n) is 5.13. The molecule has 0 amide bonds. The van der Waals surface area contributed by atoms with Gasteiger partial charge in [0.1, 0.15) is 5.75 Å². The lowest BCUT2D eigenvalue weighted by Gasteiger charge is -2.29. The number of methoxy groups -OCH3 is 1. The van der Waals surface area contributed by atoms with E-state index in [0.717, 1.165) is 39.4 Å². The number of hydrogen-bond acceptors (Lipinski definition) is 3. The third-order valence-corrected chi connectivity index (χ3v) is 6.84. The van der Waals surface area contributed by atoms with Crippen LogP contribution < -0.4 is 4.74 Å². The number of rotatable bonds is 4. The van der Waals surface area contributed by atoms with Crippen molar-refractivity contribution in [1.82, 2.24) is 9.78 Å². The maximum Gasteiger partial charge on any atom is 0.278 e. The number of halogens is 2. The smallest absolute Gasteiger partial charge is 0.278 e. The maximum absolute atomic E-state index is 13.9. The van der Waals surface area contributed by atoms with E-state index >= 15 is 0 Å². The standard InChI is InChI=1S/C27H26F2N2O2/c1-17-16-22-24(19-12-14-27(28,29)15-13-19)25(20-6-4-3-5-7-20)30-31(22)26(32)23(17)18-8-10-21(33-2)11-9-18/h3-11,19H,12-16H2,1-2H3. The van der Waals surface area contributed by atoms with Gasteiger partial charge in [-0.2, -0.15) is 9.78 Å². The summed E-state index contributed by atoms with van der Waals surface area (Å²) in [5.41, 5.74) is 5.84. The van der Waals surface area contributed by atoms with Crippen LogP contribution in [-0.2, 0) is 6.42 Å². The summed E-state index contributed by atoms with van der Waals surface area (Å²) in [6.07, 6.45) is 1.10. The van der Waals surface area contributed by atoms with Crippen molar-refractivity contribution in [2.45, 2.75) is 50.9 Å². The molecule has 2 aliphatic rings. The van der Waals surface area contributed by atoms with Crippen LogP contribution in [0.25, 0.3) is 16.8 Å². The predicted octanol–water partition coefficient (Wildman–Crippen LogP) is 6.52. The lowest BCUT2D eigenvalue weighted by molar-refractivity contribution is -0.0382. The molecule has 0 radical (unpaired) electrons. The van der Waals surface area contributed by atoms with Crippen LogP contribution in [-0.4, -0.2) is 28.7 Å². The van der Waals surface area contributed by atoms with E-state index in [1.807, 2.05) is 61.5 Å². The van der Waals surface area contributed by atoms with Crippen LogP contribution in [0.15, 0.2) is 60.2 Å². The number of carbonyl (C=O) groups excluding carboxylic acids is 1. The molecule has 4 nitrogen and oxygen atoms in total. The predicted molar refractivity (Wildman–Crippen MR) is 124 cm³/mol. The van der Waals surface area contributed by atoms with Gasteiger partial charge in [0.15, 0.2) is 0 Å². The molecule has 0 bridgehead atoms. The molecule has 6 heteroatoms. The Hall–Kier alpha value is -3.28. The fraction of sp³-hybridized carbons (Fsp3) is 0.333. The summed E-state index contributed by atoms with van der Waals surface area (Å²) >= 11 is 0. The molecular formula is C27H26F2N2O2.